The largest absolute Gasteiger partial charge is 0.497 e. The summed E-state index contributed by atoms with van der Waals surface area (Å²) >= 11 is 0. The molecule has 256 valence electrons. The Hall–Kier alpha value is -4.33. The van der Waals surface area contributed by atoms with Gasteiger partial charge < -0.3 is 29.2 Å². The average molecular weight is 655 g/mol. The number of ether oxygens (including phenoxy) is 4. The maximum absolute atomic E-state index is 10.7. The van der Waals surface area contributed by atoms with Crippen LogP contribution in [0, 0.1) is 6.92 Å². The molecule has 7 nitrogen and oxygen atoms in total. The van der Waals surface area contributed by atoms with E-state index in [2.05, 4.69) is 18.2 Å². The highest BCUT2D eigenvalue weighted by atomic mass is 16.5. The van der Waals surface area contributed by atoms with Crippen molar-refractivity contribution < 1.29 is 34.0 Å². The average Bonchev–Trinajstić information content (AvgIpc) is 3.12. The fourth-order valence-electron chi connectivity index (χ4n) is 6.21. The minimum Gasteiger partial charge on any atom is -0.497 e. The fourth-order valence-corrected chi connectivity index (χ4v) is 6.21. The number of aryl methyl sites for hydroxylation is 1. The molecule has 0 saturated carbocycles. The van der Waals surface area contributed by atoms with Crippen molar-refractivity contribution in [3.05, 3.63) is 124 Å². The van der Waals surface area contributed by atoms with Crippen molar-refractivity contribution >= 4 is 5.97 Å². The molecule has 0 amide bonds. The third kappa shape index (κ3) is 9.85. The van der Waals surface area contributed by atoms with Crippen LogP contribution in [0.1, 0.15) is 91.2 Å². The highest BCUT2D eigenvalue weighted by molar-refractivity contribution is 5.66. The Morgan fingerprint density at radius 1 is 0.667 bits per heavy atom. The molecule has 4 aromatic carbocycles. The van der Waals surface area contributed by atoms with Gasteiger partial charge in [0.2, 0.25) is 0 Å². The zero-order valence-electron chi connectivity index (χ0n) is 28.6. The van der Waals surface area contributed by atoms with Crippen molar-refractivity contribution in [3.8, 4) is 17.2 Å². The summed E-state index contributed by atoms with van der Waals surface area (Å²) in [6.45, 7) is 2.67. The molecule has 0 radical (unpaired) electrons. The van der Waals surface area contributed by atoms with Crippen LogP contribution in [0.15, 0.2) is 91.0 Å². The second kappa shape index (κ2) is 18.9. The lowest BCUT2D eigenvalue weighted by atomic mass is 9.80. The van der Waals surface area contributed by atoms with E-state index in [-0.39, 0.29) is 19.6 Å². The van der Waals surface area contributed by atoms with Gasteiger partial charge in [0.15, 0.2) is 0 Å². The Bertz CT molecular complexity index is 1480. The Kier molecular flexibility index (Phi) is 14.3. The first kappa shape index (κ1) is 36.5. The van der Waals surface area contributed by atoms with Crippen LogP contribution in [0.25, 0.3) is 0 Å². The number of aliphatic carboxylic acids is 1. The number of rotatable bonds is 21. The van der Waals surface area contributed by atoms with Crippen LogP contribution in [0.3, 0.4) is 0 Å². The number of unbranched alkanes of at least 4 members (excludes halogenated alkanes) is 7. The van der Waals surface area contributed by atoms with Gasteiger partial charge in [-0.25, -0.2) is 0 Å². The molecule has 0 spiro atoms. The summed E-state index contributed by atoms with van der Waals surface area (Å²) in [5.74, 6) is 1.47. The number of aliphatic hydroxyl groups is 1. The Morgan fingerprint density at radius 2 is 1.17 bits per heavy atom. The van der Waals surface area contributed by atoms with Crippen molar-refractivity contribution in [1.82, 2.24) is 0 Å². The lowest BCUT2D eigenvalue weighted by Crippen LogP contribution is -2.33. The van der Waals surface area contributed by atoms with Gasteiger partial charge in [-0.15, -0.1) is 0 Å². The first-order valence-corrected chi connectivity index (χ1v) is 17.0. The number of methoxy groups -OCH3 is 2. The van der Waals surface area contributed by atoms with Crippen LogP contribution in [0.2, 0.25) is 0 Å². The molecule has 48 heavy (non-hydrogen) atoms. The second-order valence-corrected chi connectivity index (χ2v) is 12.2. The van der Waals surface area contributed by atoms with Crippen molar-refractivity contribution in [1.29, 1.82) is 0 Å². The van der Waals surface area contributed by atoms with E-state index in [4.69, 9.17) is 24.1 Å². The number of aliphatic hydroxyl groups excluding tert-OH is 1. The highest BCUT2D eigenvalue weighted by Crippen LogP contribution is 2.43. The van der Waals surface area contributed by atoms with Gasteiger partial charge in [0, 0.05) is 17.5 Å². The number of benzene rings is 4. The standard InChI is InChI=1S/C41H50O7/c1-31-27-32(29-42)40(47-26-14-9-7-5-4-6-8-13-17-39(43)44)33(28-31)30-48-41(34-15-11-10-12-16-34,35-18-22-37(45-2)23-19-35)36-20-24-38(46-3)25-21-36/h10-12,15-16,18-25,27-28,42H,4-9,13-14,17,26,29-30H2,1-3H3,(H,43,44). The van der Waals surface area contributed by atoms with E-state index in [1.165, 1.54) is 0 Å². The van der Waals surface area contributed by atoms with Gasteiger partial charge in [0.1, 0.15) is 22.8 Å². The Morgan fingerprint density at radius 3 is 1.69 bits per heavy atom. The second-order valence-electron chi connectivity index (χ2n) is 12.2. The minimum atomic E-state index is -0.978. The minimum absolute atomic E-state index is 0.132. The molecule has 4 aromatic rings. The molecule has 0 aliphatic carbocycles. The number of hydrogen-bond donors (Lipinski definition) is 2. The van der Waals surface area contributed by atoms with E-state index in [0.29, 0.717) is 12.4 Å². The molecule has 0 bridgehead atoms. The van der Waals surface area contributed by atoms with Crippen LogP contribution >= 0.6 is 0 Å². The van der Waals surface area contributed by atoms with Crippen molar-refractivity contribution in [2.45, 2.75) is 83.5 Å². The monoisotopic (exact) mass is 654 g/mol. The molecule has 0 aliphatic rings. The first-order chi connectivity index (χ1) is 23.4. The maximum Gasteiger partial charge on any atom is 0.303 e. The van der Waals surface area contributed by atoms with Gasteiger partial charge in [-0.1, -0.05) is 111 Å². The van der Waals surface area contributed by atoms with E-state index in [9.17, 15) is 9.90 Å². The fraction of sp³-hybridized carbons (Fsp3) is 0.390. The number of carbonyl (C=O) groups is 1. The number of carboxylic acids is 1. The van der Waals surface area contributed by atoms with E-state index in [0.717, 1.165) is 96.2 Å². The first-order valence-electron chi connectivity index (χ1n) is 17.0. The van der Waals surface area contributed by atoms with Gasteiger partial charge in [-0.3, -0.25) is 4.79 Å². The van der Waals surface area contributed by atoms with Crippen LogP contribution in [-0.4, -0.2) is 37.0 Å². The molecule has 7 heteroatoms. The Balaban J connectivity index is 1.56. The number of hydrogen-bond acceptors (Lipinski definition) is 6. The summed E-state index contributed by atoms with van der Waals surface area (Å²) in [6, 6.07) is 30.2. The number of carboxylic acid groups (broad SMARTS) is 1. The van der Waals surface area contributed by atoms with Gasteiger partial charge in [-0.2, -0.15) is 0 Å². The third-order valence-corrected chi connectivity index (χ3v) is 8.71. The Labute approximate surface area is 285 Å². The SMILES string of the molecule is COc1ccc(C(OCc2cc(C)cc(CO)c2OCCCCCCCCCCC(=O)O)(c2ccccc2)c2ccc(OC)cc2)cc1. The van der Waals surface area contributed by atoms with Crippen molar-refractivity contribution in [2.24, 2.45) is 0 Å². The predicted octanol–water partition coefficient (Wildman–Crippen LogP) is 8.99. The smallest absolute Gasteiger partial charge is 0.303 e. The lowest BCUT2D eigenvalue weighted by Gasteiger charge is -2.36. The van der Waals surface area contributed by atoms with Crippen molar-refractivity contribution in [3.63, 3.8) is 0 Å². The van der Waals surface area contributed by atoms with Crippen LogP contribution in [0.5, 0.6) is 17.2 Å². The summed E-state index contributed by atoms with van der Waals surface area (Å²) in [5.41, 5.74) is 4.52. The molecule has 0 aromatic heterocycles. The zero-order chi connectivity index (χ0) is 34.2. The summed E-state index contributed by atoms with van der Waals surface area (Å²) in [7, 11) is 3.32. The zero-order valence-corrected chi connectivity index (χ0v) is 28.6. The molecule has 0 unspecified atom stereocenters. The molecular weight excluding hydrogens is 604 g/mol. The molecule has 0 atom stereocenters. The van der Waals surface area contributed by atoms with E-state index >= 15 is 0 Å². The molecule has 4 rings (SSSR count). The molecule has 2 N–H and O–H groups in total. The van der Waals surface area contributed by atoms with Crippen molar-refractivity contribution in [2.75, 3.05) is 20.8 Å². The van der Waals surface area contributed by atoms with Gasteiger partial charge in [0.25, 0.3) is 0 Å². The maximum atomic E-state index is 10.7. The summed E-state index contributed by atoms with van der Waals surface area (Å²) < 4.78 is 24.5. The van der Waals surface area contributed by atoms with E-state index in [1.807, 2.05) is 79.7 Å². The molecule has 0 heterocycles. The highest BCUT2D eigenvalue weighted by Gasteiger charge is 2.38. The van der Waals surface area contributed by atoms with E-state index in [1.54, 1.807) is 14.2 Å². The molecule has 0 fully saturated rings. The summed E-state index contributed by atoms with van der Waals surface area (Å²) in [6.07, 6.45) is 8.39. The van der Waals surface area contributed by atoms with Gasteiger partial charge >= 0.3 is 5.97 Å². The topological polar surface area (TPSA) is 94.5 Å². The van der Waals surface area contributed by atoms with Gasteiger partial charge in [0.05, 0.1) is 34.0 Å². The predicted molar refractivity (Wildman–Crippen MR) is 189 cm³/mol. The third-order valence-electron chi connectivity index (χ3n) is 8.71. The molecular formula is C41H50O7. The molecule has 0 aliphatic heterocycles. The van der Waals surface area contributed by atoms with E-state index < -0.39 is 11.6 Å². The van der Waals surface area contributed by atoms with Crippen LogP contribution < -0.4 is 14.2 Å². The quantitative estimate of drug-likeness (QED) is 0.0684. The molecule has 0 saturated heterocycles. The van der Waals surface area contributed by atoms with Crippen LogP contribution in [0.4, 0.5) is 0 Å². The van der Waals surface area contributed by atoms with Gasteiger partial charge in [-0.05, 0) is 60.7 Å². The lowest BCUT2D eigenvalue weighted by molar-refractivity contribution is -0.137. The normalized spacial score (nSPS) is 11.3. The summed E-state index contributed by atoms with van der Waals surface area (Å²) in [5, 5.41) is 19.1. The van der Waals surface area contributed by atoms with Crippen LogP contribution in [-0.2, 0) is 28.3 Å². The summed E-state index contributed by atoms with van der Waals surface area (Å²) in [4.78, 5) is 10.7.